The Balaban J connectivity index is 1.94. The minimum Gasteiger partial charge on any atom is -0.497 e. The first-order chi connectivity index (χ1) is 10.1. The van der Waals surface area contributed by atoms with Gasteiger partial charge in [-0.3, -0.25) is 0 Å². The minimum absolute atomic E-state index is 0.0758. The van der Waals surface area contributed by atoms with Crippen LogP contribution in [0.2, 0.25) is 0 Å². The predicted molar refractivity (Wildman–Crippen MR) is 89.0 cm³/mol. The molecule has 0 bridgehead atoms. The molecule has 0 spiro atoms. The van der Waals surface area contributed by atoms with E-state index in [1.807, 2.05) is 12.1 Å². The third-order valence-electron chi connectivity index (χ3n) is 3.88. The lowest BCUT2D eigenvalue weighted by atomic mass is 9.99. The number of methoxy groups -OCH3 is 1. The van der Waals surface area contributed by atoms with Crippen LogP contribution in [0.15, 0.2) is 48.5 Å². The van der Waals surface area contributed by atoms with Crippen LogP contribution in [0, 0.1) is 6.92 Å². The number of nitrogens with zero attached hydrogens (tertiary/aromatic N) is 1. The quantitative estimate of drug-likeness (QED) is 0.882. The first-order valence-corrected chi connectivity index (χ1v) is 7.28. The van der Waals surface area contributed by atoms with Gasteiger partial charge in [0.2, 0.25) is 0 Å². The molecular formula is C18H24N2O. The fraction of sp³-hybridized carbons (Fsp3) is 0.333. The zero-order chi connectivity index (χ0) is 15.2. The van der Waals surface area contributed by atoms with Crippen molar-refractivity contribution in [3.63, 3.8) is 0 Å². The Bertz CT molecular complexity index is 566. The van der Waals surface area contributed by atoms with Crippen LogP contribution in [0.4, 0.5) is 5.69 Å². The lowest BCUT2D eigenvalue weighted by molar-refractivity contribution is 0.415. The van der Waals surface area contributed by atoms with Crippen molar-refractivity contribution in [2.45, 2.75) is 19.4 Å². The maximum atomic E-state index is 6.32. The Morgan fingerprint density at radius 1 is 1.10 bits per heavy atom. The highest BCUT2D eigenvalue weighted by molar-refractivity contribution is 5.48. The molecule has 0 radical (unpaired) electrons. The van der Waals surface area contributed by atoms with Gasteiger partial charge < -0.3 is 15.4 Å². The average Bonchev–Trinajstić information content (AvgIpc) is 2.52. The van der Waals surface area contributed by atoms with Crippen LogP contribution in [0.25, 0.3) is 0 Å². The Labute approximate surface area is 127 Å². The largest absolute Gasteiger partial charge is 0.497 e. The molecule has 0 saturated carbocycles. The van der Waals surface area contributed by atoms with E-state index in [0.717, 1.165) is 18.7 Å². The van der Waals surface area contributed by atoms with E-state index < -0.39 is 0 Å². The van der Waals surface area contributed by atoms with Crippen LogP contribution in [0.1, 0.15) is 23.6 Å². The first kappa shape index (κ1) is 15.4. The summed E-state index contributed by atoms with van der Waals surface area (Å²) in [5.74, 6) is 0.878. The number of nitrogens with two attached hydrogens (primary N) is 1. The molecule has 0 amide bonds. The highest BCUT2D eigenvalue weighted by atomic mass is 16.5. The number of hydrogen-bond donors (Lipinski definition) is 1. The van der Waals surface area contributed by atoms with Crippen molar-refractivity contribution < 1.29 is 4.74 Å². The third-order valence-corrected chi connectivity index (χ3v) is 3.88. The average molecular weight is 284 g/mol. The van der Waals surface area contributed by atoms with E-state index in [1.165, 1.54) is 16.8 Å². The number of hydrogen-bond acceptors (Lipinski definition) is 3. The standard InChI is InChI=1S/C18H24N2O/c1-14-6-4-5-7-17(14)18(19)12-13-20(2)15-8-10-16(21-3)11-9-15/h4-11,18H,12-13,19H2,1-3H3. The molecule has 1 atom stereocenters. The molecule has 2 N–H and O–H groups in total. The highest BCUT2D eigenvalue weighted by Crippen LogP contribution is 2.21. The summed E-state index contributed by atoms with van der Waals surface area (Å²) >= 11 is 0. The van der Waals surface area contributed by atoms with Gasteiger partial charge in [0.1, 0.15) is 5.75 Å². The number of benzene rings is 2. The molecule has 0 aliphatic heterocycles. The fourth-order valence-electron chi connectivity index (χ4n) is 2.46. The SMILES string of the molecule is COc1ccc(N(C)CCC(N)c2ccccc2C)cc1. The molecule has 0 aromatic heterocycles. The molecule has 112 valence electrons. The van der Waals surface area contributed by atoms with Gasteiger partial charge in [-0.25, -0.2) is 0 Å². The minimum atomic E-state index is 0.0758. The molecule has 2 rings (SSSR count). The zero-order valence-corrected chi connectivity index (χ0v) is 13.0. The summed E-state index contributed by atoms with van der Waals surface area (Å²) in [5, 5.41) is 0. The topological polar surface area (TPSA) is 38.5 Å². The Kier molecular flexibility index (Phi) is 5.23. The van der Waals surface area contributed by atoms with E-state index in [1.54, 1.807) is 7.11 Å². The van der Waals surface area contributed by atoms with Gasteiger partial charge in [-0.2, -0.15) is 0 Å². The fourth-order valence-corrected chi connectivity index (χ4v) is 2.46. The summed E-state index contributed by atoms with van der Waals surface area (Å²) in [7, 11) is 3.77. The maximum absolute atomic E-state index is 6.32. The van der Waals surface area contributed by atoms with Crippen molar-refractivity contribution >= 4 is 5.69 Å². The number of anilines is 1. The normalized spacial score (nSPS) is 12.0. The van der Waals surface area contributed by atoms with Crippen molar-refractivity contribution in [1.82, 2.24) is 0 Å². The summed E-state index contributed by atoms with van der Waals surface area (Å²) in [6, 6.07) is 16.5. The second kappa shape index (κ2) is 7.14. The van der Waals surface area contributed by atoms with E-state index in [2.05, 4.69) is 55.3 Å². The predicted octanol–water partition coefficient (Wildman–Crippen LogP) is 3.53. The molecule has 0 aliphatic carbocycles. The highest BCUT2D eigenvalue weighted by Gasteiger charge is 2.10. The van der Waals surface area contributed by atoms with E-state index >= 15 is 0 Å². The van der Waals surface area contributed by atoms with Gasteiger partial charge in [0.25, 0.3) is 0 Å². The second-order valence-electron chi connectivity index (χ2n) is 5.37. The van der Waals surface area contributed by atoms with Crippen LogP contribution < -0.4 is 15.4 Å². The Hall–Kier alpha value is -2.00. The lowest BCUT2D eigenvalue weighted by Crippen LogP contribution is -2.23. The number of rotatable bonds is 6. The van der Waals surface area contributed by atoms with E-state index in [0.29, 0.717) is 0 Å². The molecular weight excluding hydrogens is 260 g/mol. The monoisotopic (exact) mass is 284 g/mol. The van der Waals surface area contributed by atoms with E-state index in [4.69, 9.17) is 10.5 Å². The summed E-state index contributed by atoms with van der Waals surface area (Å²) in [5.41, 5.74) is 9.99. The van der Waals surface area contributed by atoms with Gasteiger partial charge in [-0.15, -0.1) is 0 Å². The lowest BCUT2D eigenvalue weighted by Gasteiger charge is -2.22. The summed E-state index contributed by atoms with van der Waals surface area (Å²) < 4.78 is 5.18. The van der Waals surface area contributed by atoms with Crippen molar-refractivity contribution in [1.29, 1.82) is 0 Å². The second-order valence-corrected chi connectivity index (χ2v) is 5.37. The molecule has 0 heterocycles. The number of ether oxygens (including phenoxy) is 1. The maximum Gasteiger partial charge on any atom is 0.119 e. The molecule has 0 fully saturated rings. The molecule has 0 aliphatic rings. The Morgan fingerprint density at radius 3 is 2.38 bits per heavy atom. The number of aryl methyl sites for hydroxylation is 1. The molecule has 0 saturated heterocycles. The van der Waals surface area contributed by atoms with Crippen LogP contribution >= 0.6 is 0 Å². The van der Waals surface area contributed by atoms with Gasteiger partial charge in [0.05, 0.1) is 7.11 Å². The van der Waals surface area contributed by atoms with Gasteiger partial charge in [0, 0.05) is 25.3 Å². The zero-order valence-electron chi connectivity index (χ0n) is 13.0. The molecule has 2 aromatic rings. The molecule has 1 unspecified atom stereocenters. The van der Waals surface area contributed by atoms with Crippen LogP contribution in [0.3, 0.4) is 0 Å². The van der Waals surface area contributed by atoms with Gasteiger partial charge in [-0.1, -0.05) is 24.3 Å². The summed E-state index contributed by atoms with van der Waals surface area (Å²) in [6.07, 6.45) is 0.924. The Morgan fingerprint density at radius 2 is 1.76 bits per heavy atom. The van der Waals surface area contributed by atoms with Gasteiger partial charge in [0.15, 0.2) is 0 Å². The molecule has 3 heteroatoms. The van der Waals surface area contributed by atoms with Crippen molar-refractivity contribution in [3.05, 3.63) is 59.7 Å². The summed E-state index contributed by atoms with van der Waals surface area (Å²) in [4.78, 5) is 2.22. The molecule has 2 aromatic carbocycles. The molecule has 3 nitrogen and oxygen atoms in total. The van der Waals surface area contributed by atoms with E-state index in [9.17, 15) is 0 Å². The van der Waals surface area contributed by atoms with Gasteiger partial charge in [-0.05, 0) is 48.7 Å². The van der Waals surface area contributed by atoms with Gasteiger partial charge >= 0.3 is 0 Å². The van der Waals surface area contributed by atoms with Crippen molar-refractivity contribution in [2.75, 3.05) is 25.6 Å². The van der Waals surface area contributed by atoms with Crippen LogP contribution in [0.5, 0.6) is 5.75 Å². The van der Waals surface area contributed by atoms with E-state index in [-0.39, 0.29) is 6.04 Å². The first-order valence-electron chi connectivity index (χ1n) is 7.28. The van der Waals surface area contributed by atoms with Crippen molar-refractivity contribution in [3.8, 4) is 5.75 Å². The van der Waals surface area contributed by atoms with Crippen LogP contribution in [-0.2, 0) is 0 Å². The summed E-state index contributed by atoms with van der Waals surface area (Å²) in [6.45, 7) is 3.03. The smallest absolute Gasteiger partial charge is 0.119 e. The van der Waals surface area contributed by atoms with Crippen molar-refractivity contribution in [2.24, 2.45) is 5.73 Å². The third kappa shape index (κ3) is 3.99. The van der Waals surface area contributed by atoms with Crippen LogP contribution in [-0.4, -0.2) is 20.7 Å². The molecule has 21 heavy (non-hydrogen) atoms.